The van der Waals surface area contributed by atoms with E-state index in [1.54, 1.807) is 6.20 Å². The maximum absolute atomic E-state index is 5.88. The first kappa shape index (κ1) is 9.45. The van der Waals surface area contributed by atoms with Crippen LogP contribution in [-0.2, 0) is 0 Å². The topological polar surface area (TPSA) is 50.1 Å². The third-order valence-electron chi connectivity index (χ3n) is 1.85. The third-order valence-corrected chi connectivity index (χ3v) is 1.85. The van der Waals surface area contributed by atoms with Crippen molar-refractivity contribution in [1.82, 2.24) is 0 Å². The number of nitrogens with one attached hydrogen (secondary N) is 2. The van der Waals surface area contributed by atoms with Crippen molar-refractivity contribution < 1.29 is 0 Å². The zero-order chi connectivity index (χ0) is 9.84. The normalized spacial score (nSPS) is 9.38. The molecule has 0 spiro atoms. The summed E-state index contributed by atoms with van der Waals surface area (Å²) in [6.45, 7) is 5.62. The SMILES string of the molecule is C=CNc1cc(C)cc(NC)c1N. The van der Waals surface area contributed by atoms with E-state index in [0.717, 1.165) is 16.9 Å². The van der Waals surface area contributed by atoms with Gasteiger partial charge < -0.3 is 16.4 Å². The second-order valence-electron chi connectivity index (χ2n) is 2.87. The lowest BCUT2D eigenvalue weighted by molar-refractivity contribution is 1.42. The van der Waals surface area contributed by atoms with Crippen LogP contribution in [0.25, 0.3) is 0 Å². The highest BCUT2D eigenvalue weighted by atomic mass is 14.9. The molecule has 0 aliphatic rings. The molecule has 0 bridgehead atoms. The summed E-state index contributed by atoms with van der Waals surface area (Å²) < 4.78 is 0. The molecule has 4 N–H and O–H groups in total. The van der Waals surface area contributed by atoms with Gasteiger partial charge in [-0.25, -0.2) is 0 Å². The lowest BCUT2D eigenvalue weighted by atomic mass is 10.1. The molecule has 13 heavy (non-hydrogen) atoms. The summed E-state index contributed by atoms with van der Waals surface area (Å²) in [5.41, 5.74) is 9.57. The smallest absolute Gasteiger partial charge is 0.0788 e. The van der Waals surface area contributed by atoms with Crippen molar-refractivity contribution in [2.45, 2.75) is 6.92 Å². The van der Waals surface area contributed by atoms with Crippen LogP contribution in [0.15, 0.2) is 24.9 Å². The van der Waals surface area contributed by atoms with Crippen LogP contribution in [0.2, 0.25) is 0 Å². The summed E-state index contributed by atoms with van der Waals surface area (Å²) >= 11 is 0. The largest absolute Gasteiger partial charge is 0.395 e. The highest BCUT2D eigenvalue weighted by Gasteiger charge is 2.03. The molecule has 0 amide bonds. The minimum Gasteiger partial charge on any atom is -0.395 e. The first-order chi connectivity index (χ1) is 6.19. The Labute approximate surface area is 78.6 Å². The molecule has 1 rings (SSSR count). The third kappa shape index (κ3) is 1.93. The lowest BCUT2D eigenvalue weighted by Crippen LogP contribution is -2.00. The van der Waals surface area contributed by atoms with Crippen LogP contribution >= 0.6 is 0 Å². The number of nitrogens with two attached hydrogens (primary N) is 1. The van der Waals surface area contributed by atoms with Gasteiger partial charge in [-0.1, -0.05) is 6.58 Å². The summed E-state index contributed by atoms with van der Waals surface area (Å²) in [5.74, 6) is 0. The monoisotopic (exact) mass is 177 g/mol. The molecule has 1 aromatic rings. The van der Waals surface area contributed by atoms with Gasteiger partial charge in [-0.05, 0) is 30.8 Å². The highest BCUT2D eigenvalue weighted by Crippen LogP contribution is 2.28. The Morgan fingerprint density at radius 3 is 2.54 bits per heavy atom. The van der Waals surface area contributed by atoms with E-state index in [1.807, 2.05) is 26.1 Å². The zero-order valence-corrected chi connectivity index (χ0v) is 8.02. The van der Waals surface area contributed by atoms with Crippen LogP contribution in [0.5, 0.6) is 0 Å². The van der Waals surface area contributed by atoms with Crippen molar-refractivity contribution >= 4 is 17.1 Å². The fraction of sp³-hybridized carbons (Fsp3) is 0.200. The molecule has 0 radical (unpaired) electrons. The summed E-state index contributed by atoms with van der Waals surface area (Å²) in [6.07, 6.45) is 1.62. The Balaban J connectivity index is 3.18. The quantitative estimate of drug-likeness (QED) is 0.620. The fourth-order valence-corrected chi connectivity index (χ4v) is 1.23. The van der Waals surface area contributed by atoms with E-state index >= 15 is 0 Å². The van der Waals surface area contributed by atoms with Gasteiger partial charge in [0.25, 0.3) is 0 Å². The van der Waals surface area contributed by atoms with Crippen molar-refractivity contribution in [1.29, 1.82) is 0 Å². The molecule has 3 heteroatoms. The summed E-state index contributed by atoms with van der Waals surface area (Å²) in [5, 5.41) is 6.03. The van der Waals surface area contributed by atoms with Crippen molar-refractivity contribution in [3.05, 3.63) is 30.5 Å². The van der Waals surface area contributed by atoms with Gasteiger partial charge in [-0.3, -0.25) is 0 Å². The van der Waals surface area contributed by atoms with E-state index in [1.165, 1.54) is 0 Å². The van der Waals surface area contributed by atoms with Crippen molar-refractivity contribution in [2.24, 2.45) is 0 Å². The molecule has 0 saturated carbocycles. The molecule has 0 fully saturated rings. The number of nitrogen functional groups attached to an aromatic ring is 1. The number of aryl methyl sites for hydroxylation is 1. The molecule has 0 aliphatic heterocycles. The first-order valence-electron chi connectivity index (χ1n) is 4.14. The van der Waals surface area contributed by atoms with E-state index < -0.39 is 0 Å². The predicted molar refractivity (Wildman–Crippen MR) is 59.0 cm³/mol. The molecule has 0 aliphatic carbocycles. The molecular formula is C10H15N3. The molecule has 0 aromatic heterocycles. The molecule has 0 unspecified atom stereocenters. The Kier molecular flexibility index (Phi) is 2.80. The maximum atomic E-state index is 5.88. The van der Waals surface area contributed by atoms with Crippen LogP contribution in [0, 0.1) is 6.92 Å². The van der Waals surface area contributed by atoms with E-state index in [-0.39, 0.29) is 0 Å². The average molecular weight is 177 g/mol. The van der Waals surface area contributed by atoms with Crippen LogP contribution in [0.3, 0.4) is 0 Å². The van der Waals surface area contributed by atoms with Gasteiger partial charge in [-0.15, -0.1) is 0 Å². The van der Waals surface area contributed by atoms with E-state index in [0.29, 0.717) is 5.69 Å². The Bertz CT molecular complexity index is 318. The molecule has 3 nitrogen and oxygen atoms in total. The second kappa shape index (κ2) is 3.85. The number of benzene rings is 1. The van der Waals surface area contributed by atoms with E-state index in [9.17, 15) is 0 Å². The van der Waals surface area contributed by atoms with E-state index in [2.05, 4.69) is 17.2 Å². The van der Waals surface area contributed by atoms with E-state index in [4.69, 9.17) is 5.73 Å². The summed E-state index contributed by atoms with van der Waals surface area (Å²) in [7, 11) is 1.85. The minimum absolute atomic E-state index is 0.716. The lowest BCUT2D eigenvalue weighted by Gasteiger charge is -2.11. The second-order valence-corrected chi connectivity index (χ2v) is 2.87. The van der Waals surface area contributed by atoms with Gasteiger partial charge >= 0.3 is 0 Å². The number of anilines is 3. The fourth-order valence-electron chi connectivity index (χ4n) is 1.23. The predicted octanol–water partition coefficient (Wildman–Crippen LogP) is 2.17. The summed E-state index contributed by atoms with van der Waals surface area (Å²) in [6, 6.07) is 3.99. The molecule has 0 saturated heterocycles. The maximum Gasteiger partial charge on any atom is 0.0788 e. The Morgan fingerprint density at radius 2 is 2.00 bits per heavy atom. The highest BCUT2D eigenvalue weighted by molar-refractivity contribution is 5.81. The zero-order valence-electron chi connectivity index (χ0n) is 8.02. The Hall–Kier alpha value is -1.64. The van der Waals surface area contributed by atoms with Crippen LogP contribution < -0.4 is 16.4 Å². The van der Waals surface area contributed by atoms with Gasteiger partial charge in [0, 0.05) is 7.05 Å². The summed E-state index contributed by atoms with van der Waals surface area (Å²) in [4.78, 5) is 0. The minimum atomic E-state index is 0.716. The van der Waals surface area contributed by atoms with Gasteiger partial charge in [-0.2, -0.15) is 0 Å². The van der Waals surface area contributed by atoms with Crippen molar-refractivity contribution in [3.8, 4) is 0 Å². The van der Waals surface area contributed by atoms with Gasteiger partial charge in [0.05, 0.1) is 17.1 Å². The van der Waals surface area contributed by atoms with Crippen LogP contribution in [0.4, 0.5) is 17.1 Å². The molecule has 1 aromatic carbocycles. The first-order valence-corrected chi connectivity index (χ1v) is 4.14. The van der Waals surface area contributed by atoms with Gasteiger partial charge in [0.2, 0.25) is 0 Å². The average Bonchev–Trinajstić information content (AvgIpc) is 2.11. The van der Waals surface area contributed by atoms with Gasteiger partial charge in [0.15, 0.2) is 0 Å². The Morgan fingerprint density at radius 1 is 1.38 bits per heavy atom. The molecule has 70 valence electrons. The molecule has 0 heterocycles. The van der Waals surface area contributed by atoms with Crippen LogP contribution in [-0.4, -0.2) is 7.05 Å². The van der Waals surface area contributed by atoms with Crippen LogP contribution in [0.1, 0.15) is 5.56 Å². The van der Waals surface area contributed by atoms with Crippen molar-refractivity contribution in [2.75, 3.05) is 23.4 Å². The number of hydrogen-bond acceptors (Lipinski definition) is 3. The standard InChI is InChI=1S/C10H15N3/c1-4-13-9-6-7(2)5-8(12-3)10(9)11/h4-6,12-13H,1,11H2,2-3H3. The number of rotatable bonds is 3. The van der Waals surface area contributed by atoms with Crippen molar-refractivity contribution in [3.63, 3.8) is 0 Å². The van der Waals surface area contributed by atoms with Gasteiger partial charge in [0.1, 0.15) is 0 Å². The molecular weight excluding hydrogens is 162 g/mol. The number of hydrogen-bond donors (Lipinski definition) is 3. The molecule has 0 atom stereocenters.